The molecule has 0 radical (unpaired) electrons. The van der Waals surface area contributed by atoms with Gasteiger partial charge in [0.2, 0.25) is 0 Å². The number of benzene rings is 1. The van der Waals surface area contributed by atoms with E-state index in [0.29, 0.717) is 53.3 Å². The van der Waals surface area contributed by atoms with Crippen molar-refractivity contribution in [2.24, 2.45) is 5.92 Å². The summed E-state index contributed by atoms with van der Waals surface area (Å²) in [5.41, 5.74) is 3.03. The van der Waals surface area contributed by atoms with E-state index in [1.807, 2.05) is 43.5 Å². The van der Waals surface area contributed by atoms with Crippen molar-refractivity contribution in [3.63, 3.8) is 0 Å². The minimum atomic E-state index is -0.908. The summed E-state index contributed by atoms with van der Waals surface area (Å²) >= 11 is 0. The molecule has 1 amide bonds. The minimum absolute atomic E-state index is 0.0401. The quantitative estimate of drug-likeness (QED) is 0.145. The number of fused-ring (bicyclic) bond motifs is 1. The summed E-state index contributed by atoms with van der Waals surface area (Å²) in [7, 11) is 0. The first-order valence-electron chi connectivity index (χ1n) is 13.9. The maximum absolute atomic E-state index is 13.6. The molecule has 1 N–H and O–H groups in total. The molecule has 5 rings (SSSR count). The number of amides is 1. The average Bonchev–Trinajstić information content (AvgIpc) is 3.64. The van der Waals surface area contributed by atoms with E-state index < -0.39 is 17.7 Å². The van der Waals surface area contributed by atoms with Gasteiger partial charge >= 0.3 is 0 Å². The van der Waals surface area contributed by atoms with Crippen LogP contribution in [-0.2, 0) is 16.1 Å². The van der Waals surface area contributed by atoms with Crippen LogP contribution in [0, 0.1) is 19.8 Å². The van der Waals surface area contributed by atoms with E-state index in [-0.39, 0.29) is 23.6 Å². The Morgan fingerprint density at radius 3 is 2.59 bits per heavy atom. The van der Waals surface area contributed by atoms with Gasteiger partial charge in [-0.2, -0.15) is 0 Å². The molecule has 1 aliphatic heterocycles. The fourth-order valence-electron chi connectivity index (χ4n) is 5.12. The van der Waals surface area contributed by atoms with Gasteiger partial charge in [-0.3, -0.25) is 9.59 Å². The minimum Gasteiger partial charge on any atom is -0.505 e. The number of hydrogen-bond donors (Lipinski definition) is 1. The van der Waals surface area contributed by atoms with Crippen molar-refractivity contribution in [3.05, 3.63) is 88.8 Å². The van der Waals surface area contributed by atoms with Crippen LogP contribution in [0.1, 0.15) is 61.5 Å². The van der Waals surface area contributed by atoms with E-state index in [1.165, 1.54) is 11.2 Å². The number of Topliss-reactive ketones (excluding diaryl/α,β-unsaturated/α-hetero) is 1. The van der Waals surface area contributed by atoms with E-state index in [1.54, 1.807) is 30.3 Å². The molecule has 1 aliphatic rings. The fourth-order valence-corrected chi connectivity index (χ4v) is 5.12. The van der Waals surface area contributed by atoms with Crippen LogP contribution in [0.3, 0.4) is 0 Å². The second kappa shape index (κ2) is 11.5. The summed E-state index contributed by atoms with van der Waals surface area (Å²) in [5, 5.41) is 11.7. The first-order valence-corrected chi connectivity index (χ1v) is 13.9. The van der Waals surface area contributed by atoms with Crippen molar-refractivity contribution in [3.8, 4) is 11.5 Å². The Morgan fingerprint density at radius 1 is 1.10 bits per heavy atom. The molecule has 1 fully saturated rings. The molecule has 0 aliphatic carbocycles. The number of aromatic nitrogens is 2. The smallest absolute Gasteiger partial charge is 0.296 e. The summed E-state index contributed by atoms with van der Waals surface area (Å²) in [5.74, 6) is 0.213. The molecule has 1 saturated heterocycles. The van der Waals surface area contributed by atoms with Gasteiger partial charge in [-0.05, 0) is 74.6 Å². The maximum Gasteiger partial charge on any atom is 0.296 e. The van der Waals surface area contributed by atoms with Crippen molar-refractivity contribution in [1.29, 1.82) is 0 Å². The highest BCUT2D eigenvalue weighted by Crippen LogP contribution is 2.43. The molecule has 4 aromatic rings. The average molecular weight is 558 g/mol. The van der Waals surface area contributed by atoms with Gasteiger partial charge in [0.1, 0.15) is 17.1 Å². The van der Waals surface area contributed by atoms with E-state index in [4.69, 9.17) is 13.9 Å². The lowest BCUT2D eigenvalue weighted by Crippen LogP contribution is -2.29. The monoisotopic (exact) mass is 557 g/mol. The summed E-state index contributed by atoms with van der Waals surface area (Å²) in [6, 6.07) is 11.7. The number of ether oxygens (including phenoxy) is 2. The van der Waals surface area contributed by atoms with Gasteiger partial charge in [-0.25, -0.2) is 4.98 Å². The Kier molecular flexibility index (Phi) is 7.88. The number of aryl methyl sites for hydroxylation is 2. The third-order valence-corrected chi connectivity index (χ3v) is 7.29. The van der Waals surface area contributed by atoms with Crippen LogP contribution in [-0.4, -0.2) is 44.3 Å². The molecule has 9 heteroatoms. The van der Waals surface area contributed by atoms with Crippen LogP contribution in [0.5, 0.6) is 11.5 Å². The summed E-state index contributed by atoms with van der Waals surface area (Å²) in [4.78, 5) is 33.1. The van der Waals surface area contributed by atoms with Gasteiger partial charge in [0.05, 0.1) is 43.3 Å². The molecule has 0 spiro atoms. The lowest BCUT2D eigenvalue weighted by molar-refractivity contribution is -0.140. The topological polar surface area (TPSA) is 107 Å². The Balaban J connectivity index is 1.65. The summed E-state index contributed by atoms with van der Waals surface area (Å²) in [6.07, 6.45) is 4.25. The fraction of sp³-hybridized carbons (Fsp3) is 0.344. The third-order valence-electron chi connectivity index (χ3n) is 7.29. The maximum atomic E-state index is 13.6. The lowest BCUT2D eigenvalue weighted by Gasteiger charge is -2.25. The normalized spacial score (nSPS) is 16.7. The standard InChI is InChI=1S/C32H35N3O6/c1-6-39-25-17-22(11-12-24(25)41-16-13-19(2)3)28-26(30(37)32(38)35(28)18-23-10-8-15-40-23)29(36)27-21(5)34-14-7-9-20(4)31(34)33-27/h7-12,14-15,17,19,28,36H,6,13,16,18H2,1-5H3. The number of carbonyl (C=O) groups excluding carboxylic acids is 2. The van der Waals surface area contributed by atoms with Crippen molar-refractivity contribution in [2.75, 3.05) is 13.2 Å². The number of furan rings is 1. The number of ketones is 1. The van der Waals surface area contributed by atoms with Crippen LogP contribution in [0.15, 0.2) is 64.9 Å². The molecule has 41 heavy (non-hydrogen) atoms. The molecular formula is C32H35N3O6. The Hall–Kier alpha value is -4.53. The highest BCUT2D eigenvalue weighted by molar-refractivity contribution is 6.46. The zero-order valence-electron chi connectivity index (χ0n) is 24.0. The number of rotatable bonds is 10. The zero-order valence-corrected chi connectivity index (χ0v) is 24.0. The molecular weight excluding hydrogens is 522 g/mol. The SMILES string of the molecule is CCOc1cc(C2C(=C(O)c3nc4c(C)cccn4c3C)C(=O)C(=O)N2Cc2ccco2)ccc1OCCC(C)C. The number of aliphatic hydroxyl groups excluding tert-OH is 1. The van der Waals surface area contributed by atoms with E-state index in [0.717, 1.165) is 12.0 Å². The first-order chi connectivity index (χ1) is 19.7. The molecule has 3 aromatic heterocycles. The molecule has 214 valence electrons. The third kappa shape index (κ3) is 5.31. The molecule has 0 bridgehead atoms. The van der Waals surface area contributed by atoms with Gasteiger partial charge in [0.15, 0.2) is 17.3 Å². The van der Waals surface area contributed by atoms with Crippen molar-refractivity contribution in [1.82, 2.24) is 14.3 Å². The Bertz CT molecular complexity index is 1620. The molecule has 0 saturated carbocycles. The largest absolute Gasteiger partial charge is 0.505 e. The van der Waals surface area contributed by atoms with Crippen LogP contribution < -0.4 is 9.47 Å². The molecule has 9 nitrogen and oxygen atoms in total. The number of hydrogen-bond acceptors (Lipinski definition) is 7. The van der Waals surface area contributed by atoms with Crippen molar-refractivity contribution >= 4 is 23.1 Å². The Morgan fingerprint density at radius 2 is 1.90 bits per heavy atom. The predicted molar refractivity (Wildman–Crippen MR) is 154 cm³/mol. The number of aliphatic hydroxyl groups is 1. The van der Waals surface area contributed by atoms with Gasteiger partial charge in [-0.15, -0.1) is 0 Å². The molecule has 1 aromatic carbocycles. The van der Waals surface area contributed by atoms with Crippen molar-refractivity contribution in [2.45, 2.75) is 53.6 Å². The second-order valence-corrected chi connectivity index (χ2v) is 10.6. The van der Waals surface area contributed by atoms with Crippen LogP contribution >= 0.6 is 0 Å². The van der Waals surface area contributed by atoms with Gasteiger partial charge in [0.25, 0.3) is 11.7 Å². The highest BCUT2D eigenvalue weighted by atomic mass is 16.5. The van der Waals surface area contributed by atoms with E-state index in [9.17, 15) is 14.7 Å². The molecule has 1 atom stereocenters. The van der Waals surface area contributed by atoms with E-state index >= 15 is 0 Å². The number of likely N-dealkylation sites (tertiary alicyclic amines) is 1. The van der Waals surface area contributed by atoms with Gasteiger partial charge in [0, 0.05) is 6.20 Å². The number of imidazole rings is 1. The van der Waals surface area contributed by atoms with Crippen LogP contribution in [0.25, 0.3) is 11.4 Å². The first kappa shape index (κ1) is 28.0. The zero-order chi connectivity index (χ0) is 29.3. The Labute approximate surface area is 239 Å². The second-order valence-electron chi connectivity index (χ2n) is 10.6. The number of carbonyl (C=O) groups is 2. The molecule has 4 heterocycles. The van der Waals surface area contributed by atoms with E-state index in [2.05, 4.69) is 18.8 Å². The van der Waals surface area contributed by atoms with Crippen LogP contribution in [0.2, 0.25) is 0 Å². The van der Waals surface area contributed by atoms with Crippen molar-refractivity contribution < 1.29 is 28.6 Å². The highest BCUT2D eigenvalue weighted by Gasteiger charge is 2.47. The predicted octanol–water partition coefficient (Wildman–Crippen LogP) is 5.99. The van der Waals surface area contributed by atoms with Gasteiger partial charge < -0.3 is 28.3 Å². The van der Waals surface area contributed by atoms with Gasteiger partial charge in [-0.1, -0.05) is 26.0 Å². The number of nitrogens with zero attached hydrogens (tertiary/aromatic N) is 3. The summed E-state index contributed by atoms with van der Waals surface area (Å²) in [6.45, 7) is 10.8. The summed E-state index contributed by atoms with van der Waals surface area (Å²) < 4.78 is 19.3. The van der Waals surface area contributed by atoms with Crippen LogP contribution in [0.4, 0.5) is 0 Å². The number of pyridine rings is 1. The lowest BCUT2D eigenvalue weighted by atomic mass is 9.96. The molecule has 1 unspecified atom stereocenters.